The molecule has 2 aromatic rings. The van der Waals surface area contributed by atoms with Gasteiger partial charge in [0.05, 0.1) is 17.1 Å². The monoisotopic (exact) mass is 337 g/mol. The third kappa shape index (κ3) is 3.71. The number of hydrogen-bond acceptors (Lipinski definition) is 7. The summed E-state index contributed by atoms with van der Waals surface area (Å²) in [6.45, 7) is 5.32. The quantitative estimate of drug-likeness (QED) is 0.785. The highest BCUT2D eigenvalue weighted by molar-refractivity contribution is 7.10. The zero-order valence-electron chi connectivity index (χ0n) is 12.5. The second kappa shape index (κ2) is 7.30. The zero-order chi connectivity index (χ0) is 15.4. The fourth-order valence-electron chi connectivity index (χ4n) is 2.65. The molecule has 1 saturated heterocycles. The van der Waals surface area contributed by atoms with Gasteiger partial charge in [0, 0.05) is 28.9 Å². The molecule has 0 aromatic carbocycles. The summed E-state index contributed by atoms with van der Waals surface area (Å²) < 4.78 is 5.00. The van der Waals surface area contributed by atoms with Gasteiger partial charge in [0.15, 0.2) is 5.69 Å². The summed E-state index contributed by atoms with van der Waals surface area (Å²) in [5.74, 6) is 0.151. The van der Waals surface area contributed by atoms with Crippen LogP contribution >= 0.6 is 22.7 Å². The highest BCUT2D eigenvalue weighted by Crippen LogP contribution is 2.31. The largest absolute Gasteiger partial charge is 0.461 e. The van der Waals surface area contributed by atoms with E-state index in [0.29, 0.717) is 18.2 Å². The summed E-state index contributed by atoms with van der Waals surface area (Å²) in [5, 5.41) is 2.89. The number of thiazole rings is 2. The molecule has 1 fully saturated rings. The Morgan fingerprint density at radius 3 is 2.91 bits per heavy atom. The Morgan fingerprint density at radius 1 is 1.41 bits per heavy atom. The first-order valence-electron chi connectivity index (χ1n) is 7.48. The van der Waals surface area contributed by atoms with Crippen LogP contribution in [0.1, 0.15) is 46.1 Å². The van der Waals surface area contributed by atoms with Gasteiger partial charge in [-0.3, -0.25) is 9.88 Å². The summed E-state index contributed by atoms with van der Waals surface area (Å²) in [6, 6.07) is 0. The molecule has 1 aliphatic rings. The molecular weight excluding hydrogens is 318 g/mol. The maximum absolute atomic E-state index is 11.7. The first kappa shape index (κ1) is 15.6. The van der Waals surface area contributed by atoms with Crippen molar-refractivity contribution in [1.82, 2.24) is 14.9 Å². The number of hydrogen-bond donors (Lipinski definition) is 0. The highest BCUT2D eigenvalue weighted by Gasteiger charge is 2.24. The van der Waals surface area contributed by atoms with Crippen molar-refractivity contribution in [3.63, 3.8) is 0 Å². The van der Waals surface area contributed by atoms with Crippen LogP contribution in [-0.2, 0) is 11.3 Å². The minimum atomic E-state index is -0.312. The number of nitrogens with zero attached hydrogens (tertiary/aromatic N) is 3. The molecule has 1 aliphatic heterocycles. The number of piperidine rings is 1. The number of rotatable bonds is 5. The second-order valence-electron chi connectivity index (χ2n) is 5.31. The molecule has 0 unspecified atom stereocenters. The van der Waals surface area contributed by atoms with Gasteiger partial charge in [-0.15, -0.1) is 22.7 Å². The number of esters is 1. The topological polar surface area (TPSA) is 55.3 Å². The maximum atomic E-state index is 11.7. The van der Waals surface area contributed by atoms with E-state index < -0.39 is 0 Å². The van der Waals surface area contributed by atoms with Gasteiger partial charge in [-0.05, 0) is 32.9 Å². The van der Waals surface area contributed by atoms with Crippen molar-refractivity contribution in [3.05, 3.63) is 32.7 Å². The van der Waals surface area contributed by atoms with Gasteiger partial charge in [0.2, 0.25) is 0 Å². The zero-order valence-corrected chi connectivity index (χ0v) is 14.2. The summed E-state index contributed by atoms with van der Waals surface area (Å²) in [4.78, 5) is 24.1. The van der Waals surface area contributed by atoms with Crippen LogP contribution in [0.4, 0.5) is 0 Å². The van der Waals surface area contributed by atoms with Gasteiger partial charge < -0.3 is 4.74 Å². The second-order valence-corrected chi connectivity index (χ2v) is 7.17. The SMILES string of the molecule is CCOC(=O)c1csc(C2CCN(Cc3cncs3)CC2)n1. The average molecular weight is 337 g/mol. The van der Waals surface area contributed by atoms with Crippen molar-refractivity contribution >= 4 is 28.6 Å². The van der Waals surface area contributed by atoms with E-state index >= 15 is 0 Å². The molecule has 22 heavy (non-hydrogen) atoms. The predicted octanol–water partition coefficient (Wildman–Crippen LogP) is 3.16. The molecule has 0 spiro atoms. The number of likely N-dealkylation sites (tertiary alicyclic amines) is 1. The fourth-order valence-corrected chi connectivity index (χ4v) is 4.25. The molecule has 2 aromatic heterocycles. The van der Waals surface area contributed by atoms with Crippen LogP contribution < -0.4 is 0 Å². The Labute approximate surface area is 138 Å². The van der Waals surface area contributed by atoms with E-state index in [0.717, 1.165) is 37.5 Å². The van der Waals surface area contributed by atoms with E-state index in [9.17, 15) is 4.79 Å². The van der Waals surface area contributed by atoms with E-state index in [2.05, 4.69) is 14.9 Å². The molecule has 0 amide bonds. The predicted molar refractivity (Wildman–Crippen MR) is 87.4 cm³/mol. The molecule has 7 heteroatoms. The Bertz CT molecular complexity index is 604. The maximum Gasteiger partial charge on any atom is 0.357 e. The summed E-state index contributed by atoms with van der Waals surface area (Å²) >= 11 is 3.29. The normalized spacial score (nSPS) is 16.8. The van der Waals surface area contributed by atoms with Gasteiger partial charge in [0.1, 0.15) is 0 Å². The molecule has 0 radical (unpaired) electrons. The molecule has 0 N–H and O–H groups in total. The van der Waals surface area contributed by atoms with E-state index in [1.54, 1.807) is 22.7 Å². The van der Waals surface area contributed by atoms with E-state index in [4.69, 9.17) is 4.74 Å². The van der Waals surface area contributed by atoms with Crippen molar-refractivity contribution < 1.29 is 9.53 Å². The third-order valence-corrected chi connectivity index (χ3v) is 5.58. The van der Waals surface area contributed by atoms with Crippen LogP contribution in [0.15, 0.2) is 17.1 Å². The van der Waals surface area contributed by atoms with Gasteiger partial charge in [0.25, 0.3) is 0 Å². The highest BCUT2D eigenvalue weighted by atomic mass is 32.1. The van der Waals surface area contributed by atoms with Crippen LogP contribution in [-0.4, -0.2) is 40.5 Å². The molecule has 0 saturated carbocycles. The summed E-state index contributed by atoms with van der Waals surface area (Å²) in [7, 11) is 0. The Balaban J connectivity index is 1.54. The van der Waals surface area contributed by atoms with Crippen molar-refractivity contribution in [2.45, 2.75) is 32.2 Å². The smallest absolute Gasteiger partial charge is 0.357 e. The lowest BCUT2D eigenvalue weighted by Crippen LogP contribution is -2.32. The van der Waals surface area contributed by atoms with E-state index in [1.807, 2.05) is 24.0 Å². The van der Waals surface area contributed by atoms with Crippen molar-refractivity contribution in [1.29, 1.82) is 0 Å². The van der Waals surface area contributed by atoms with Crippen LogP contribution in [0.25, 0.3) is 0 Å². The van der Waals surface area contributed by atoms with E-state index in [-0.39, 0.29) is 5.97 Å². The lowest BCUT2D eigenvalue weighted by molar-refractivity contribution is 0.0520. The van der Waals surface area contributed by atoms with Crippen LogP contribution in [0.5, 0.6) is 0 Å². The standard InChI is InChI=1S/C15H19N3O2S2/c1-2-20-15(19)13-9-21-14(17-13)11-3-5-18(6-4-11)8-12-7-16-10-22-12/h7,9-11H,2-6,8H2,1H3. The minimum Gasteiger partial charge on any atom is -0.461 e. The molecular formula is C15H19N3O2S2. The number of ether oxygens (including phenoxy) is 1. The minimum absolute atomic E-state index is 0.312. The Kier molecular flexibility index (Phi) is 5.17. The molecule has 3 heterocycles. The molecule has 0 aliphatic carbocycles. The third-order valence-electron chi connectivity index (χ3n) is 3.81. The summed E-state index contributed by atoms with van der Waals surface area (Å²) in [5.41, 5.74) is 2.34. The summed E-state index contributed by atoms with van der Waals surface area (Å²) in [6.07, 6.45) is 4.13. The van der Waals surface area contributed by atoms with Crippen molar-refractivity contribution in [3.8, 4) is 0 Å². The van der Waals surface area contributed by atoms with Crippen LogP contribution in [0.2, 0.25) is 0 Å². The number of aromatic nitrogens is 2. The lowest BCUT2D eigenvalue weighted by Gasteiger charge is -2.30. The molecule has 0 bridgehead atoms. The van der Waals surface area contributed by atoms with E-state index in [1.165, 1.54) is 4.88 Å². The molecule has 5 nitrogen and oxygen atoms in total. The van der Waals surface area contributed by atoms with Gasteiger partial charge in [-0.1, -0.05) is 0 Å². The van der Waals surface area contributed by atoms with Gasteiger partial charge >= 0.3 is 5.97 Å². The molecule has 0 atom stereocenters. The number of carbonyl (C=O) groups excluding carboxylic acids is 1. The Hall–Kier alpha value is -1.31. The lowest BCUT2D eigenvalue weighted by atomic mass is 9.97. The average Bonchev–Trinajstić information content (AvgIpc) is 3.19. The Morgan fingerprint density at radius 2 is 2.23 bits per heavy atom. The first-order valence-corrected chi connectivity index (χ1v) is 9.24. The van der Waals surface area contributed by atoms with Crippen molar-refractivity contribution in [2.24, 2.45) is 0 Å². The van der Waals surface area contributed by atoms with Gasteiger partial charge in [-0.25, -0.2) is 9.78 Å². The van der Waals surface area contributed by atoms with Gasteiger partial charge in [-0.2, -0.15) is 0 Å². The van der Waals surface area contributed by atoms with Crippen molar-refractivity contribution in [2.75, 3.05) is 19.7 Å². The molecule has 3 rings (SSSR count). The van der Waals surface area contributed by atoms with Crippen LogP contribution in [0, 0.1) is 0 Å². The molecule has 118 valence electrons. The fraction of sp³-hybridized carbons (Fsp3) is 0.533. The number of carbonyl (C=O) groups is 1. The first-order chi connectivity index (χ1) is 10.8. The van der Waals surface area contributed by atoms with Crippen LogP contribution in [0.3, 0.4) is 0 Å².